The maximum absolute atomic E-state index is 12.2. The van der Waals surface area contributed by atoms with Gasteiger partial charge in [-0.2, -0.15) is 0 Å². The summed E-state index contributed by atoms with van der Waals surface area (Å²) >= 11 is 0. The molecule has 1 heterocycles. The second kappa shape index (κ2) is 9.34. The van der Waals surface area contributed by atoms with Crippen LogP contribution in [0.15, 0.2) is 36.4 Å². The molecule has 27 heavy (non-hydrogen) atoms. The van der Waals surface area contributed by atoms with E-state index in [2.05, 4.69) is 5.32 Å². The highest BCUT2D eigenvalue weighted by atomic mass is 16.5. The Hall–Kier alpha value is -2.64. The predicted molar refractivity (Wildman–Crippen MR) is 100 cm³/mol. The van der Waals surface area contributed by atoms with Crippen LogP contribution < -0.4 is 10.1 Å². The lowest BCUT2D eigenvalue weighted by atomic mass is 10.1. The van der Waals surface area contributed by atoms with E-state index in [9.17, 15) is 9.59 Å². The molecular formula is C20H23NO6. The molecule has 7 heteroatoms. The molecule has 0 aliphatic carbocycles. The number of carboxylic acids is 1. The molecular weight excluding hydrogens is 350 g/mol. The first kappa shape index (κ1) is 19.1. The monoisotopic (exact) mass is 373 g/mol. The molecule has 1 saturated heterocycles. The van der Waals surface area contributed by atoms with Crippen molar-refractivity contribution in [3.63, 3.8) is 0 Å². The van der Waals surface area contributed by atoms with Crippen molar-refractivity contribution < 1.29 is 28.9 Å². The Labute approximate surface area is 157 Å². The molecule has 0 radical (unpaired) electrons. The van der Waals surface area contributed by atoms with Crippen molar-refractivity contribution in [2.24, 2.45) is 0 Å². The summed E-state index contributed by atoms with van der Waals surface area (Å²) in [6.07, 6.45) is 2.47. The highest BCUT2D eigenvalue weighted by Gasteiger charge is 2.15. The lowest BCUT2D eigenvalue weighted by molar-refractivity contribution is -0.139. The minimum atomic E-state index is -1.04. The van der Waals surface area contributed by atoms with Crippen molar-refractivity contribution in [3.05, 3.63) is 36.4 Å². The van der Waals surface area contributed by atoms with Crippen LogP contribution in [0.4, 0.5) is 5.69 Å². The van der Waals surface area contributed by atoms with Crippen LogP contribution in [0.1, 0.15) is 19.3 Å². The molecule has 1 aliphatic rings. The summed E-state index contributed by atoms with van der Waals surface area (Å²) < 4.78 is 16.3. The molecule has 144 valence electrons. The molecule has 1 amide bonds. The zero-order chi connectivity index (χ0) is 19.1. The molecule has 7 nitrogen and oxygen atoms in total. The Morgan fingerprint density at radius 1 is 1.19 bits per heavy atom. The van der Waals surface area contributed by atoms with Crippen molar-refractivity contribution in [2.75, 3.05) is 31.7 Å². The Kier molecular flexibility index (Phi) is 6.62. The smallest absolute Gasteiger partial charge is 0.341 e. The highest BCUT2D eigenvalue weighted by molar-refractivity contribution is 6.04. The maximum atomic E-state index is 12.2. The van der Waals surface area contributed by atoms with Crippen LogP contribution in [0.3, 0.4) is 0 Å². The lowest BCUT2D eigenvalue weighted by Gasteiger charge is -2.13. The fourth-order valence-corrected chi connectivity index (χ4v) is 3.01. The van der Waals surface area contributed by atoms with E-state index in [1.165, 1.54) is 0 Å². The first-order valence-corrected chi connectivity index (χ1v) is 8.99. The second-order valence-corrected chi connectivity index (χ2v) is 6.35. The number of carbonyl (C=O) groups is 2. The van der Waals surface area contributed by atoms with Gasteiger partial charge in [0.2, 0.25) is 5.91 Å². The Morgan fingerprint density at radius 3 is 2.74 bits per heavy atom. The van der Waals surface area contributed by atoms with Gasteiger partial charge < -0.3 is 24.6 Å². The van der Waals surface area contributed by atoms with Crippen molar-refractivity contribution >= 4 is 28.3 Å². The minimum Gasteiger partial charge on any atom is -0.481 e. The third-order valence-corrected chi connectivity index (χ3v) is 4.31. The van der Waals surface area contributed by atoms with Gasteiger partial charge in [-0.05, 0) is 25.0 Å². The molecule has 1 unspecified atom stereocenters. The second-order valence-electron chi connectivity index (χ2n) is 6.35. The lowest BCUT2D eigenvalue weighted by Crippen LogP contribution is -2.18. The van der Waals surface area contributed by atoms with E-state index in [-0.39, 0.29) is 18.4 Å². The van der Waals surface area contributed by atoms with Crippen molar-refractivity contribution in [3.8, 4) is 5.75 Å². The SMILES string of the molecule is O=C(O)COc1ccc(NC(=O)CCOCC2CCCO2)c2ccccc12. The third-order valence-electron chi connectivity index (χ3n) is 4.31. The zero-order valence-corrected chi connectivity index (χ0v) is 15.0. The standard InChI is InChI=1S/C20H23NO6/c22-19(9-11-25-12-14-4-3-10-26-14)21-17-7-8-18(27-13-20(23)24)16-6-2-1-5-15(16)17/h1-2,5-8,14H,3-4,9-13H2,(H,21,22)(H,23,24). The number of fused-ring (bicyclic) bond motifs is 1. The van der Waals surface area contributed by atoms with E-state index in [0.717, 1.165) is 30.2 Å². The number of carbonyl (C=O) groups excluding carboxylic acids is 1. The normalized spacial score (nSPS) is 16.4. The summed E-state index contributed by atoms with van der Waals surface area (Å²) in [6, 6.07) is 10.7. The van der Waals surface area contributed by atoms with Crippen LogP contribution in [-0.2, 0) is 19.1 Å². The molecule has 1 atom stereocenters. The van der Waals surface area contributed by atoms with E-state index in [0.29, 0.717) is 24.7 Å². The molecule has 1 aliphatic heterocycles. The molecule has 2 aromatic rings. The van der Waals surface area contributed by atoms with Gasteiger partial charge >= 0.3 is 5.97 Å². The van der Waals surface area contributed by atoms with Crippen LogP contribution in [-0.4, -0.2) is 49.5 Å². The van der Waals surface area contributed by atoms with Gasteiger partial charge in [-0.15, -0.1) is 0 Å². The number of aliphatic carboxylic acids is 1. The van der Waals surface area contributed by atoms with Crippen molar-refractivity contribution in [1.29, 1.82) is 0 Å². The van der Waals surface area contributed by atoms with Crippen LogP contribution in [0.2, 0.25) is 0 Å². The van der Waals surface area contributed by atoms with Crippen LogP contribution in [0.25, 0.3) is 10.8 Å². The summed E-state index contributed by atoms with van der Waals surface area (Å²) in [5.41, 5.74) is 0.650. The Morgan fingerprint density at radius 2 is 2.00 bits per heavy atom. The molecule has 2 aromatic carbocycles. The van der Waals surface area contributed by atoms with Crippen LogP contribution in [0, 0.1) is 0 Å². The predicted octanol–water partition coefficient (Wildman–Crippen LogP) is 2.83. The fourth-order valence-electron chi connectivity index (χ4n) is 3.01. The van der Waals surface area contributed by atoms with Crippen LogP contribution in [0.5, 0.6) is 5.75 Å². The topological polar surface area (TPSA) is 94.1 Å². The van der Waals surface area contributed by atoms with Gasteiger partial charge in [-0.3, -0.25) is 4.79 Å². The summed E-state index contributed by atoms with van der Waals surface area (Å²) in [6.45, 7) is 1.22. The van der Waals surface area contributed by atoms with Gasteiger partial charge in [-0.25, -0.2) is 4.79 Å². The molecule has 3 rings (SSSR count). The first-order valence-electron chi connectivity index (χ1n) is 8.99. The largest absolute Gasteiger partial charge is 0.481 e. The number of rotatable bonds is 9. The summed E-state index contributed by atoms with van der Waals surface area (Å²) in [4.78, 5) is 22.9. The average molecular weight is 373 g/mol. The zero-order valence-electron chi connectivity index (χ0n) is 15.0. The maximum Gasteiger partial charge on any atom is 0.341 e. The average Bonchev–Trinajstić information content (AvgIpc) is 3.18. The van der Waals surface area contributed by atoms with Gasteiger partial charge in [0.15, 0.2) is 6.61 Å². The van der Waals surface area contributed by atoms with Gasteiger partial charge in [0.1, 0.15) is 5.75 Å². The molecule has 0 aromatic heterocycles. The molecule has 1 fully saturated rings. The number of benzene rings is 2. The number of carboxylic acid groups (broad SMARTS) is 1. The summed E-state index contributed by atoms with van der Waals surface area (Å²) in [7, 11) is 0. The van der Waals surface area contributed by atoms with E-state index in [1.807, 2.05) is 24.3 Å². The summed E-state index contributed by atoms with van der Waals surface area (Å²) in [5.74, 6) is -0.725. The number of nitrogens with one attached hydrogen (secondary N) is 1. The van der Waals surface area contributed by atoms with Gasteiger partial charge in [0.05, 0.1) is 25.7 Å². The minimum absolute atomic E-state index is 0.147. The van der Waals surface area contributed by atoms with E-state index < -0.39 is 12.6 Å². The number of ether oxygens (including phenoxy) is 3. The van der Waals surface area contributed by atoms with Crippen molar-refractivity contribution in [2.45, 2.75) is 25.4 Å². The number of anilines is 1. The quantitative estimate of drug-likeness (QED) is 0.657. The number of hydrogen-bond donors (Lipinski definition) is 2. The Bertz CT molecular complexity index is 800. The summed E-state index contributed by atoms with van der Waals surface area (Å²) in [5, 5.41) is 13.2. The van der Waals surface area contributed by atoms with Crippen molar-refractivity contribution in [1.82, 2.24) is 0 Å². The molecule has 0 saturated carbocycles. The first-order chi connectivity index (χ1) is 13.1. The number of amides is 1. The van der Waals surface area contributed by atoms with Gasteiger partial charge in [0, 0.05) is 23.1 Å². The highest BCUT2D eigenvalue weighted by Crippen LogP contribution is 2.31. The van der Waals surface area contributed by atoms with E-state index >= 15 is 0 Å². The Balaban J connectivity index is 1.58. The van der Waals surface area contributed by atoms with E-state index in [1.54, 1.807) is 12.1 Å². The van der Waals surface area contributed by atoms with Gasteiger partial charge in [-0.1, -0.05) is 24.3 Å². The van der Waals surface area contributed by atoms with Gasteiger partial charge in [0.25, 0.3) is 0 Å². The molecule has 0 spiro atoms. The number of hydrogen-bond acceptors (Lipinski definition) is 5. The van der Waals surface area contributed by atoms with E-state index in [4.69, 9.17) is 19.3 Å². The van der Waals surface area contributed by atoms with Crippen LogP contribution >= 0.6 is 0 Å². The fraction of sp³-hybridized carbons (Fsp3) is 0.400. The molecule has 2 N–H and O–H groups in total. The molecule has 0 bridgehead atoms. The third kappa shape index (κ3) is 5.42.